The standard InChI is InChI=1S/C27H34O3Si/c1-27(2,3)31(25-15-9-5-10-16-25,26-17-11-6-12-18-26)30-20-19-24(21-28)29-22-23-13-7-4-8-14-23/h4-18,24,28H,19-22H2,1-3H3/t24-/m0/s1. The normalized spacial score (nSPS) is 13.2. The molecule has 0 unspecified atom stereocenters. The third kappa shape index (κ3) is 5.72. The maximum Gasteiger partial charge on any atom is 0.261 e. The summed E-state index contributed by atoms with van der Waals surface area (Å²) in [6.45, 7) is 7.83. The fourth-order valence-corrected chi connectivity index (χ4v) is 8.70. The van der Waals surface area contributed by atoms with Crippen molar-refractivity contribution in [2.75, 3.05) is 13.2 Å². The topological polar surface area (TPSA) is 38.7 Å². The van der Waals surface area contributed by atoms with Crippen LogP contribution >= 0.6 is 0 Å². The quantitative estimate of drug-likeness (QED) is 0.477. The Morgan fingerprint density at radius 2 is 1.26 bits per heavy atom. The van der Waals surface area contributed by atoms with Gasteiger partial charge in [-0.05, 0) is 27.4 Å². The number of ether oxygens (including phenoxy) is 1. The first-order valence-electron chi connectivity index (χ1n) is 11.0. The van der Waals surface area contributed by atoms with Gasteiger partial charge in [-0.15, -0.1) is 0 Å². The number of hydrogen-bond acceptors (Lipinski definition) is 3. The molecule has 1 N–H and O–H groups in total. The summed E-state index contributed by atoms with van der Waals surface area (Å²) in [5.41, 5.74) is 1.11. The third-order valence-corrected chi connectivity index (χ3v) is 10.7. The summed E-state index contributed by atoms with van der Waals surface area (Å²) in [5.74, 6) is 0. The SMILES string of the molecule is CC(C)(C)[Si](OCC[C@@H](CO)OCc1ccccc1)(c1ccccc1)c1ccccc1. The summed E-state index contributed by atoms with van der Waals surface area (Å²) >= 11 is 0. The van der Waals surface area contributed by atoms with Gasteiger partial charge in [-0.3, -0.25) is 0 Å². The Labute approximate surface area is 187 Å². The lowest BCUT2D eigenvalue weighted by atomic mass is 10.2. The van der Waals surface area contributed by atoms with E-state index >= 15 is 0 Å². The van der Waals surface area contributed by atoms with Crippen LogP contribution in [0.15, 0.2) is 91.0 Å². The van der Waals surface area contributed by atoms with E-state index in [0.29, 0.717) is 19.6 Å². The minimum Gasteiger partial charge on any atom is -0.407 e. The minimum atomic E-state index is -2.55. The van der Waals surface area contributed by atoms with Crippen molar-refractivity contribution in [1.82, 2.24) is 0 Å². The van der Waals surface area contributed by atoms with Crippen LogP contribution in [-0.4, -0.2) is 32.7 Å². The molecule has 0 aliphatic heterocycles. The van der Waals surface area contributed by atoms with Crippen molar-refractivity contribution in [2.24, 2.45) is 0 Å². The van der Waals surface area contributed by atoms with Crippen LogP contribution in [-0.2, 0) is 15.8 Å². The van der Waals surface area contributed by atoms with Gasteiger partial charge in [0.2, 0.25) is 0 Å². The van der Waals surface area contributed by atoms with Gasteiger partial charge in [0.1, 0.15) is 0 Å². The van der Waals surface area contributed by atoms with Crippen molar-refractivity contribution in [1.29, 1.82) is 0 Å². The third-order valence-electron chi connectivity index (χ3n) is 5.71. The van der Waals surface area contributed by atoms with Gasteiger partial charge in [0.25, 0.3) is 8.32 Å². The first-order valence-corrected chi connectivity index (χ1v) is 12.9. The minimum absolute atomic E-state index is 0.0169. The van der Waals surface area contributed by atoms with Crippen molar-refractivity contribution in [3.8, 4) is 0 Å². The molecule has 0 spiro atoms. The van der Waals surface area contributed by atoms with Crippen LogP contribution in [0.3, 0.4) is 0 Å². The number of rotatable bonds is 10. The van der Waals surface area contributed by atoms with Gasteiger partial charge < -0.3 is 14.3 Å². The summed E-state index contributed by atoms with van der Waals surface area (Å²) in [6, 6.07) is 31.3. The highest BCUT2D eigenvalue weighted by molar-refractivity contribution is 6.99. The number of aliphatic hydroxyl groups is 1. The van der Waals surface area contributed by atoms with E-state index in [1.807, 2.05) is 30.3 Å². The van der Waals surface area contributed by atoms with Crippen molar-refractivity contribution < 1.29 is 14.3 Å². The smallest absolute Gasteiger partial charge is 0.261 e. The molecule has 0 aliphatic carbocycles. The molecule has 0 saturated heterocycles. The van der Waals surface area contributed by atoms with Crippen LogP contribution < -0.4 is 10.4 Å². The molecule has 3 aromatic carbocycles. The second kappa shape index (κ2) is 10.9. The zero-order valence-corrected chi connectivity index (χ0v) is 19.8. The summed E-state index contributed by atoms with van der Waals surface area (Å²) in [5, 5.41) is 12.3. The summed E-state index contributed by atoms with van der Waals surface area (Å²) in [4.78, 5) is 0. The predicted molar refractivity (Wildman–Crippen MR) is 130 cm³/mol. The van der Waals surface area contributed by atoms with Crippen molar-refractivity contribution >= 4 is 18.7 Å². The maximum absolute atomic E-state index is 9.86. The number of benzene rings is 3. The number of aliphatic hydroxyl groups excluding tert-OH is 1. The lowest BCUT2D eigenvalue weighted by Gasteiger charge is -2.43. The lowest BCUT2D eigenvalue weighted by Crippen LogP contribution is -2.66. The molecule has 3 aromatic rings. The van der Waals surface area contributed by atoms with Crippen LogP contribution in [0.5, 0.6) is 0 Å². The van der Waals surface area contributed by atoms with Crippen LogP contribution in [0.25, 0.3) is 0 Å². The molecule has 164 valence electrons. The van der Waals surface area contributed by atoms with Crippen molar-refractivity contribution in [3.63, 3.8) is 0 Å². The maximum atomic E-state index is 9.86. The van der Waals surface area contributed by atoms with Gasteiger partial charge in [-0.2, -0.15) is 0 Å². The molecule has 0 aromatic heterocycles. The molecule has 0 fully saturated rings. The molecule has 0 heterocycles. The van der Waals surface area contributed by atoms with Gasteiger partial charge in [-0.1, -0.05) is 112 Å². The summed E-state index contributed by atoms with van der Waals surface area (Å²) < 4.78 is 12.9. The molecule has 0 radical (unpaired) electrons. The van der Waals surface area contributed by atoms with Crippen LogP contribution in [0.1, 0.15) is 32.8 Å². The summed E-state index contributed by atoms with van der Waals surface area (Å²) in [7, 11) is -2.55. The highest BCUT2D eigenvalue weighted by Crippen LogP contribution is 2.36. The molecule has 1 atom stereocenters. The molecular formula is C27H34O3Si. The molecular weight excluding hydrogens is 400 g/mol. The molecule has 3 rings (SSSR count). The van der Waals surface area contributed by atoms with E-state index in [1.54, 1.807) is 0 Å². The predicted octanol–water partition coefficient (Wildman–Crippen LogP) is 4.53. The molecule has 3 nitrogen and oxygen atoms in total. The average Bonchev–Trinajstić information content (AvgIpc) is 2.80. The van der Waals surface area contributed by atoms with E-state index < -0.39 is 8.32 Å². The monoisotopic (exact) mass is 434 g/mol. The first-order chi connectivity index (χ1) is 15.0. The molecule has 4 heteroatoms. The van der Waals surface area contributed by atoms with Gasteiger partial charge >= 0.3 is 0 Å². The molecule has 0 bridgehead atoms. The fourth-order valence-electron chi connectivity index (χ4n) is 4.12. The Hall–Kier alpha value is -2.24. The van der Waals surface area contributed by atoms with Crippen molar-refractivity contribution in [2.45, 2.75) is 44.9 Å². The van der Waals surface area contributed by atoms with E-state index in [1.165, 1.54) is 10.4 Å². The van der Waals surface area contributed by atoms with Gasteiger partial charge in [0, 0.05) is 6.61 Å². The molecule has 0 amide bonds. The molecule has 0 aliphatic rings. The van der Waals surface area contributed by atoms with Gasteiger partial charge in [0.05, 0.1) is 19.3 Å². The van der Waals surface area contributed by atoms with E-state index in [9.17, 15) is 5.11 Å². The van der Waals surface area contributed by atoms with Crippen LogP contribution in [0.4, 0.5) is 0 Å². The number of hydrogen-bond donors (Lipinski definition) is 1. The average molecular weight is 435 g/mol. The Balaban J connectivity index is 1.79. The second-order valence-corrected chi connectivity index (χ2v) is 13.2. The summed E-state index contributed by atoms with van der Waals surface area (Å²) in [6.07, 6.45) is 0.395. The van der Waals surface area contributed by atoms with E-state index in [4.69, 9.17) is 9.16 Å². The van der Waals surface area contributed by atoms with Gasteiger partial charge in [0.15, 0.2) is 0 Å². The van der Waals surface area contributed by atoms with E-state index in [0.717, 1.165) is 5.56 Å². The Morgan fingerprint density at radius 3 is 1.71 bits per heavy atom. The molecule has 0 saturated carbocycles. The first kappa shape index (κ1) is 23.4. The Bertz CT molecular complexity index is 853. The van der Waals surface area contributed by atoms with E-state index in [2.05, 4.69) is 81.4 Å². The van der Waals surface area contributed by atoms with Gasteiger partial charge in [-0.25, -0.2) is 0 Å². The Morgan fingerprint density at radius 1 is 0.774 bits per heavy atom. The zero-order chi connectivity index (χ0) is 22.2. The largest absolute Gasteiger partial charge is 0.407 e. The van der Waals surface area contributed by atoms with Crippen LogP contribution in [0.2, 0.25) is 5.04 Å². The second-order valence-electron chi connectivity index (χ2n) is 8.90. The molecule has 31 heavy (non-hydrogen) atoms. The zero-order valence-electron chi connectivity index (χ0n) is 18.8. The highest BCUT2D eigenvalue weighted by Gasteiger charge is 2.50. The Kier molecular flexibility index (Phi) is 8.21. The van der Waals surface area contributed by atoms with Crippen LogP contribution in [0, 0.1) is 0 Å². The fraction of sp³-hybridized carbons (Fsp3) is 0.333. The highest BCUT2D eigenvalue weighted by atomic mass is 28.4. The van der Waals surface area contributed by atoms with Crippen molar-refractivity contribution in [3.05, 3.63) is 96.6 Å². The lowest BCUT2D eigenvalue weighted by molar-refractivity contribution is -0.00928. The van der Waals surface area contributed by atoms with E-state index in [-0.39, 0.29) is 17.7 Å².